The first kappa shape index (κ1) is 22.7. The number of nitrogens with zero attached hydrogens (tertiary/aromatic N) is 2. The van der Waals surface area contributed by atoms with Crippen LogP contribution < -0.4 is 0 Å². The summed E-state index contributed by atoms with van der Waals surface area (Å²) in [4.78, 5) is 25.6. The van der Waals surface area contributed by atoms with Crippen LogP contribution in [0.3, 0.4) is 0 Å². The van der Waals surface area contributed by atoms with E-state index in [0.29, 0.717) is 5.69 Å². The maximum atomic E-state index is 13.1. The summed E-state index contributed by atoms with van der Waals surface area (Å²) in [5.41, 5.74) is 4.17. The molecule has 0 N–H and O–H groups in total. The highest BCUT2D eigenvalue weighted by Gasteiger charge is 2.28. The van der Waals surface area contributed by atoms with Crippen molar-refractivity contribution in [2.75, 3.05) is 14.2 Å². The van der Waals surface area contributed by atoms with Crippen molar-refractivity contribution in [2.24, 2.45) is 0 Å². The summed E-state index contributed by atoms with van der Waals surface area (Å²) >= 11 is 0. The summed E-state index contributed by atoms with van der Waals surface area (Å²) in [7, 11) is 2.65. The van der Waals surface area contributed by atoms with Crippen molar-refractivity contribution in [2.45, 2.75) is 6.04 Å². The van der Waals surface area contributed by atoms with Gasteiger partial charge < -0.3 is 9.47 Å². The van der Waals surface area contributed by atoms with E-state index in [4.69, 9.17) is 9.47 Å². The van der Waals surface area contributed by atoms with E-state index in [0.717, 1.165) is 22.3 Å². The molecule has 0 spiro atoms. The minimum atomic E-state index is -0.936. The first-order valence-corrected chi connectivity index (χ1v) is 10.8. The van der Waals surface area contributed by atoms with Crippen molar-refractivity contribution in [1.29, 1.82) is 0 Å². The van der Waals surface area contributed by atoms with Crippen molar-refractivity contribution >= 4 is 17.5 Å². The molecule has 0 fully saturated rings. The van der Waals surface area contributed by atoms with Crippen molar-refractivity contribution in [3.8, 4) is 11.3 Å². The molecule has 4 aromatic rings. The van der Waals surface area contributed by atoms with E-state index in [1.165, 1.54) is 25.1 Å². The highest BCUT2D eigenvalue weighted by atomic mass is 16.5. The van der Waals surface area contributed by atoms with Gasteiger partial charge in [0, 0.05) is 5.56 Å². The zero-order chi connectivity index (χ0) is 23.9. The van der Waals surface area contributed by atoms with Gasteiger partial charge in [0.2, 0.25) is 0 Å². The zero-order valence-electron chi connectivity index (χ0n) is 18.9. The van der Waals surface area contributed by atoms with Gasteiger partial charge in [-0.15, -0.1) is 0 Å². The number of carbonyl (C=O) groups excluding carboxylic acids is 2. The Balaban J connectivity index is 1.96. The molecule has 170 valence electrons. The standard InChI is InChI=1S/C28H24N2O4/c1-33-27(31)24-19-29-30(26(24)22-16-10-5-11-17-22)25(28(32)34-2)18-23(20-12-6-3-7-13-20)21-14-8-4-9-15-21/h3-19,25H,1-2H3. The van der Waals surface area contributed by atoms with Gasteiger partial charge in [-0.25, -0.2) is 14.3 Å². The lowest BCUT2D eigenvalue weighted by Crippen LogP contribution is -2.22. The number of benzene rings is 3. The number of esters is 2. The molecule has 1 atom stereocenters. The van der Waals surface area contributed by atoms with Crippen molar-refractivity contribution in [3.05, 3.63) is 120 Å². The van der Waals surface area contributed by atoms with Crippen LogP contribution in [0.25, 0.3) is 16.8 Å². The molecule has 0 saturated heterocycles. The second kappa shape index (κ2) is 10.4. The van der Waals surface area contributed by atoms with E-state index < -0.39 is 18.0 Å². The Labute approximate surface area is 198 Å². The van der Waals surface area contributed by atoms with E-state index in [1.54, 1.807) is 0 Å². The average Bonchev–Trinajstić information content (AvgIpc) is 3.35. The number of methoxy groups -OCH3 is 2. The van der Waals surface area contributed by atoms with Crippen LogP contribution in [0.15, 0.2) is 103 Å². The average molecular weight is 453 g/mol. The Morgan fingerprint density at radius 1 is 0.794 bits per heavy atom. The van der Waals surface area contributed by atoms with E-state index in [-0.39, 0.29) is 5.56 Å². The Morgan fingerprint density at radius 3 is 1.82 bits per heavy atom. The van der Waals surface area contributed by atoms with Crippen LogP contribution in [0.1, 0.15) is 27.5 Å². The van der Waals surface area contributed by atoms with Crippen LogP contribution in [0.2, 0.25) is 0 Å². The molecule has 6 nitrogen and oxygen atoms in total. The molecule has 1 heterocycles. The van der Waals surface area contributed by atoms with Gasteiger partial charge in [0.1, 0.15) is 5.56 Å². The van der Waals surface area contributed by atoms with E-state index >= 15 is 0 Å². The maximum Gasteiger partial charge on any atom is 0.341 e. The van der Waals surface area contributed by atoms with Crippen LogP contribution >= 0.6 is 0 Å². The third-order valence-corrected chi connectivity index (χ3v) is 5.45. The minimum absolute atomic E-state index is 0.261. The SMILES string of the molecule is COC(=O)c1cnn(C(C=C(c2ccccc2)c2ccccc2)C(=O)OC)c1-c1ccccc1. The van der Waals surface area contributed by atoms with E-state index in [2.05, 4.69) is 5.10 Å². The molecule has 0 radical (unpaired) electrons. The molecular formula is C28H24N2O4. The molecule has 34 heavy (non-hydrogen) atoms. The quantitative estimate of drug-likeness (QED) is 0.361. The molecule has 0 aliphatic heterocycles. The number of ether oxygens (including phenoxy) is 2. The number of carbonyl (C=O) groups is 2. The molecular weight excluding hydrogens is 428 g/mol. The van der Waals surface area contributed by atoms with Crippen LogP contribution in [-0.4, -0.2) is 35.9 Å². The fourth-order valence-corrected chi connectivity index (χ4v) is 3.83. The summed E-state index contributed by atoms with van der Waals surface area (Å²) in [6.07, 6.45) is 3.24. The maximum absolute atomic E-state index is 13.1. The largest absolute Gasteiger partial charge is 0.467 e. The fourth-order valence-electron chi connectivity index (χ4n) is 3.83. The van der Waals surface area contributed by atoms with Crippen molar-refractivity contribution in [1.82, 2.24) is 9.78 Å². The molecule has 0 saturated carbocycles. The number of aromatic nitrogens is 2. The van der Waals surface area contributed by atoms with Gasteiger partial charge in [-0.1, -0.05) is 91.0 Å². The van der Waals surface area contributed by atoms with Gasteiger partial charge in [0.25, 0.3) is 0 Å². The lowest BCUT2D eigenvalue weighted by atomic mass is 9.95. The molecule has 0 aliphatic rings. The first-order chi connectivity index (χ1) is 16.6. The molecule has 1 aromatic heterocycles. The predicted molar refractivity (Wildman–Crippen MR) is 130 cm³/mol. The lowest BCUT2D eigenvalue weighted by molar-refractivity contribution is -0.143. The Kier molecular flexibility index (Phi) is 6.98. The smallest absolute Gasteiger partial charge is 0.341 e. The van der Waals surface area contributed by atoms with Gasteiger partial charge in [0.05, 0.1) is 26.1 Å². The Hall–Kier alpha value is -4.45. The fraction of sp³-hybridized carbons (Fsp3) is 0.107. The molecule has 0 aliphatic carbocycles. The third-order valence-electron chi connectivity index (χ3n) is 5.45. The van der Waals surface area contributed by atoms with Crippen LogP contribution in [-0.2, 0) is 14.3 Å². The summed E-state index contributed by atoms with van der Waals surface area (Å²) in [6, 6.07) is 27.9. The van der Waals surface area contributed by atoms with Gasteiger partial charge in [-0.3, -0.25) is 0 Å². The minimum Gasteiger partial charge on any atom is -0.467 e. The molecule has 0 amide bonds. The van der Waals surface area contributed by atoms with Crippen molar-refractivity contribution < 1.29 is 19.1 Å². The van der Waals surface area contributed by atoms with Crippen molar-refractivity contribution in [3.63, 3.8) is 0 Å². The zero-order valence-corrected chi connectivity index (χ0v) is 18.9. The third kappa shape index (κ3) is 4.66. The normalized spacial score (nSPS) is 11.4. The molecule has 0 bridgehead atoms. The predicted octanol–water partition coefficient (Wildman–Crippen LogP) is 5.18. The topological polar surface area (TPSA) is 70.4 Å². The Bertz CT molecular complexity index is 1250. The van der Waals surface area contributed by atoms with Crippen LogP contribution in [0.4, 0.5) is 0 Å². The van der Waals surface area contributed by atoms with Crippen LogP contribution in [0, 0.1) is 0 Å². The monoisotopic (exact) mass is 452 g/mol. The molecule has 6 heteroatoms. The second-order valence-corrected chi connectivity index (χ2v) is 7.49. The number of hydrogen-bond acceptors (Lipinski definition) is 5. The summed E-state index contributed by atoms with van der Waals surface area (Å²) in [5, 5.41) is 4.44. The highest BCUT2D eigenvalue weighted by Crippen LogP contribution is 2.32. The van der Waals surface area contributed by atoms with Crippen LogP contribution in [0.5, 0.6) is 0 Å². The van der Waals surface area contributed by atoms with Gasteiger partial charge >= 0.3 is 11.9 Å². The van der Waals surface area contributed by atoms with Gasteiger partial charge in [0.15, 0.2) is 6.04 Å². The Morgan fingerprint density at radius 2 is 1.32 bits per heavy atom. The second-order valence-electron chi connectivity index (χ2n) is 7.49. The van der Waals surface area contributed by atoms with E-state index in [1.807, 2.05) is 97.1 Å². The lowest BCUT2D eigenvalue weighted by Gasteiger charge is -2.18. The molecule has 3 aromatic carbocycles. The number of hydrogen-bond donors (Lipinski definition) is 0. The summed E-state index contributed by atoms with van der Waals surface area (Å²) < 4.78 is 11.7. The van der Waals surface area contributed by atoms with E-state index in [9.17, 15) is 9.59 Å². The first-order valence-electron chi connectivity index (χ1n) is 10.8. The molecule has 4 rings (SSSR count). The number of rotatable bonds is 7. The summed E-state index contributed by atoms with van der Waals surface area (Å²) in [5.74, 6) is -1.05. The van der Waals surface area contributed by atoms with Gasteiger partial charge in [-0.2, -0.15) is 5.10 Å². The highest BCUT2D eigenvalue weighted by molar-refractivity contribution is 5.96. The summed E-state index contributed by atoms with van der Waals surface area (Å²) in [6.45, 7) is 0. The molecule has 1 unspecified atom stereocenters. The van der Waals surface area contributed by atoms with Gasteiger partial charge in [-0.05, 0) is 22.8 Å².